The van der Waals surface area contributed by atoms with Crippen LogP contribution >= 0.6 is 0 Å². The van der Waals surface area contributed by atoms with Gasteiger partial charge in [-0.1, -0.05) is 12.1 Å². The number of methoxy groups -OCH3 is 2. The number of hydrogen-bond acceptors (Lipinski definition) is 8. The van der Waals surface area contributed by atoms with Gasteiger partial charge in [0.2, 0.25) is 0 Å². The second kappa shape index (κ2) is 10.1. The molecule has 0 aliphatic heterocycles. The molecule has 0 aliphatic carbocycles. The number of carbonyl (C=O) groups is 1. The van der Waals surface area contributed by atoms with E-state index in [1.54, 1.807) is 64.2 Å². The zero-order chi connectivity index (χ0) is 26.8. The van der Waals surface area contributed by atoms with Crippen molar-refractivity contribution in [3.63, 3.8) is 0 Å². The molecule has 0 bridgehead atoms. The number of rotatable bonds is 7. The van der Waals surface area contributed by atoms with Crippen molar-refractivity contribution >= 4 is 32.8 Å². The number of carbonyl (C=O) groups excluding carboxylic acids is 1. The van der Waals surface area contributed by atoms with Gasteiger partial charge in [-0.2, -0.15) is 13.5 Å². The molecule has 0 aliphatic rings. The van der Waals surface area contributed by atoms with Gasteiger partial charge in [0.25, 0.3) is 5.56 Å². The topological polar surface area (TPSA) is 129 Å². The lowest BCUT2D eigenvalue weighted by atomic mass is 10.0. The summed E-state index contributed by atoms with van der Waals surface area (Å²) >= 11 is 0. The van der Waals surface area contributed by atoms with Crippen molar-refractivity contribution in [2.75, 3.05) is 25.6 Å². The van der Waals surface area contributed by atoms with Crippen LogP contribution in [0.4, 0.5) is 10.5 Å². The Bertz CT molecular complexity index is 1440. The zero-order valence-electron chi connectivity index (χ0n) is 21.3. The summed E-state index contributed by atoms with van der Waals surface area (Å²) in [5.74, 6) is 0.911. The van der Waals surface area contributed by atoms with Gasteiger partial charge in [0.05, 0.1) is 31.0 Å². The molecule has 194 valence electrons. The minimum absolute atomic E-state index is 0.269. The van der Waals surface area contributed by atoms with Crippen molar-refractivity contribution in [1.29, 1.82) is 0 Å². The van der Waals surface area contributed by atoms with Gasteiger partial charge in [0.1, 0.15) is 5.60 Å². The lowest BCUT2D eigenvalue weighted by Crippen LogP contribution is -2.43. The van der Waals surface area contributed by atoms with Crippen molar-refractivity contribution in [2.45, 2.75) is 32.8 Å². The molecule has 0 unspecified atom stereocenters. The normalized spacial score (nSPS) is 11.8. The number of fused-ring (bicyclic) bond motifs is 1. The van der Waals surface area contributed by atoms with Crippen LogP contribution < -0.4 is 24.1 Å². The number of nitrogens with one attached hydrogen (secondary N) is 1. The molecule has 1 heterocycles. The molecule has 0 radical (unpaired) electrons. The van der Waals surface area contributed by atoms with E-state index in [4.69, 9.17) is 14.2 Å². The third kappa shape index (κ3) is 5.88. The van der Waals surface area contributed by atoms with E-state index < -0.39 is 21.9 Å². The Labute approximate surface area is 209 Å². The van der Waals surface area contributed by atoms with Crippen LogP contribution in [0.2, 0.25) is 0 Å². The van der Waals surface area contributed by atoms with E-state index in [0.29, 0.717) is 40.1 Å². The molecule has 3 rings (SSSR count). The molecule has 0 fully saturated rings. The third-order valence-corrected chi connectivity index (χ3v) is 6.63. The van der Waals surface area contributed by atoms with E-state index in [2.05, 4.69) is 5.10 Å². The first-order valence-electron chi connectivity index (χ1n) is 11.0. The van der Waals surface area contributed by atoms with Crippen molar-refractivity contribution in [3.05, 3.63) is 58.0 Å². The average Bonchev–Trinajstić information content (AvgIpc) is 2.79. The molecule has 12 heteroatoms. The largest absolute Gasteiger partial charge is 0.493 e. The van der Waals surface area contributed by atoms with Crippen LogP contribution in [0.3, 0.4) is 0 Å². The molecule has 11 nitrogen and oxygen atoms in total. The Morgan fingerprint density at radius 2 is 1.61 bits per heavy atom. The lowest BCUT2D eigenvalue weighted by molar-refractivity contribution is 0.0570. The van der Waals surface area contributed by atoms with Gasteiger partial charge in [0.15, 0.2) is 11.5 Å². The lowest BCUT2D eigenvalue weighted by Gasteiger charge is -2.23. The minimum atomic E-state index is -4.18. The Balaban J connectivity index is 1.88. The first kappa shape index (κ1) is 26.8. The van der Waals surface area contributed by atoms with Gasteiger partial charge in [-0.3, -0.25) is 9.10 Å². The highest BCUT2D eigenvalue weighted by atomic mass is 32.2. The molecule has 1 aromatic heterocycles. The van der Waals surface area contributed by atoms with Crippen LogP contribution in [0, 0.1) is 0 Å². The number of hydrogen-bond donors (Lipinski definition) is 1. The number of amides is 1. The Morgan fingerprint density at radius 1 is 1.06 bits per heavy atom. The van der Waals surface area contributed by atoms with Crippen molar-refractivity contribution in [2.24, 2.45) is 7.05 Å². The monoisotopic (exact) mass is 518 g/mol. The highest BCUT2D eigenvalue weighted by Crippen LogP contribution is 2.32. The third-order valence-electron chi connectivity index (χ3n) is 5.27. The second-order valence-electron chi connectivity index (χ2n) is 9.05. The van der Waals surface area contributed by atoms with E-state index in [9.17, 15) is 18.0 Å². The van der Waals surface area contributed by atoms with Crippen LogP contribution in [0.15, 0.2) is 41.2 Å². The number of ether oxygens (including phenoxy) is 3. The highest BCUT2D eigenvalue weighted by Gasteiger charge is 2.25. The fourth-order valence-electron chi connectivity index (χ4n) is 3.51. The standard InChI is InChI=1S/C24H30N4O7S/c1-24(2,3)35-23(30)26-36(31,32)28(5)16-10-8-15(9-11-16)12-19-17-13-20(33-6)21(34-7)14-18(17)22(29)27(4)25-19/h8-11,13-14H,12H2,1-7H3,(H,26,30). The van der Waals surface area contributed by atoms with Crippen LogP contribution in [0.5, 0.6) is 11.5 Å². The van der Waals surface area contributed by atoms with E-state index >= 15 is 0 Å². The number of nitrogens with zero attached hydrogens (tertiary/aromatic N) is 3. The van der Waals surface area contributed by atoms with Gasteiger partial charge in [0, 0.05) is 25.9 Å². The maximum absolute atomic E-state index is 12.7. The SMILES string of the molecule is COc1cc2c(Cc3ccc(N(C)S(=O)(=O)NC(=O)OC(C)(C)C)cc3)nn(C)c(=O)c2cc1OC. The second-order valence-corrected chi connectivity index (χ2v) is 10.7. The molecule has 1 amide bonds. The quantitative estimate of drug-likeness (QED) is 0.506. The van der Waals surface area contributed by atoms with Crippen molar-refractivity contribution in [3.8, 4) is 11.5 Å². The molecule has 0 saturated carbocycles. The summed E-state index contributed by atoms with van der Waals surface area (Å²) in [6.45, 7) is 4.91. The number of aromatic nitrogens is 2. The first-order valence-corrected chi connectivity index (χ1v) is 12.4. The van der Waals surface area contributed by atoms with Gasteiger partial charge in [-0.15, -0.1) is 0 Å². The van der Waals surface area contributed by atoms with Crippen LogP contribution in [0.25, 0.3) is 10.8 Å². The molecular weight excluding hydrogens is 488 g/mol. The van der Waals surface area contributed by atoms with Gasteiger partial charge in [-0.05, 0) is 50.6 Å². The maximum Gasteiger partial charge on any atom is 0.422 e. The zero-order valence-corrected chi connectivity index (χ0v) is 22.1. The van der Waals surface area contributed by atoms with Gasteiger partial charge < -0.3 is 14.2 Å². The van der Waals surface area contributed by atoms with Crippen LogP contribution in [-0.4, -0.2) is 51.2 Å². The van der Waals surface area contributed by atoms with Crippen molar-refractivity contribution in [1.82, 2.24) is 14.5 Å². The molecule has 1 N–H and O–H groups in total. The highest BCUT2D eigenvalue weighted by molar-refractivity contribution is 7.91. The van der Waals surface area contributed by atoms with E-state index in [1.807, 2.05) is 4.72 Å². The van der Waals surface area contributed by atoms with Gasteiger partial charge >= 0.3 is 16.3 Å². The molecule has 36 heavy (non-hydrogen) atoms. The number of anilines is 1. The average molecular weight is 519 g/mol. The van der Waals surface area contributed by atoms with E-state index in [1.165, 1.54) is 25.9 Å². The fourth-order valence-corrected chi connectivity index (χ4v) is 4.30. The molecule has 2 aromatic carbocycles. The van der Waals surface area contributed by atoms with Crippen LogP contribution in [0.1, 0.15) is 32.0 Å². The van der Waals surface area contributed by atoms with Crippen molar-refractivity contribution < 1.29 is 27.4 Å². The first-order chi connectivity index (χ1) is 16.8. The van der Waals surface area contributed by atoms with Crippen LogP contribution in [-0.2, 0) is 28.4 Å². The molecule has 0 spiro atoms. The van der Waals surface area contributed by atoms with E-state index in [0.717, 1.165) is 9.87 Å². The molecule has 0 atom stereocenters. The summed E-state index contributed by atoms with van der Waals surface area (Å²) < 4.78 is 45.0. The Kier molecular flexibility index (Phi) is 7.48. The smallest absolute Gasteiger partial charge is 0.422 e. The number of benzene rings is 2. The maximum atomic E-state index is 12.7. The minimum Gasteiger partial charge on any atom is -0.493 e. The summed E-state index contributed by atoms with van der Waals surface area (Å²) in [5.41, 5.74) is 0.683. The van der Waals surface area contributed by atoms with Gasteiger partial charge in [-0.25, -0.2) is 14.2 Å². The summed E-state index contributed by atoms with van der Waals surface area (Å²) in [5, 5.41) is 5.49. The molecule has 0 saturated heterocycles. The number of aryl methyl sites for hydroxylation is 1. The predicted molar refractivity (Wildman–Crippen MR) is 136 cm³/mol. The summed E-state index contributed by atoms with van der Waals surface area (Å²) in [6.07, 6.45) is -0.696. The summed E-state index contributed by atoms with van der Waals surface area (Å²) in [6, 6.07) is 10.1. The summed E-state index contributed by atoms with van der Waals surface area (Å²) in [4.78, 5) is 24.6. The fraction of sp³-hybridized carbons (Fsp3) is 0.375. The Morgan fingerprint density at radius 3 is 2.14 bits per heavy atom. The molecule has 3 aromatic rings. The Hall–Kier alpha value is -3.80. The summed E-state index contributed by atoms with van der Waals surface area (Å²) in [7, 11) is 1.73. The molecular formula is C24H30N4O7S. The predicted octanol–water partition coefficient (Wildman–Crippen LogP) is 2.75. The van der Waals surface area contributed by atoms with E-state index in [-0.39, 0.29) is 5.56 Å².